The van der Waals surface area contributed by atoms with Crippen molar-refractivity contribution in [2.24, 2.45) is 5.73 Å². The van der Waals surface area contributed by atoms with Gasteiger partial charge in [0.25, 0.3) is 0 Å². The Morgan fingerprint density at radius 3 is 2.50 bits per heavy atom. The molecule has 12 heavy (non-hydrogen) atoms. The summed E-state index contributed by atoms with van der Waals surface area (Å²) in [5.41, 5.74) is 5.62. The minimum absolute atomic E-state index is 0.111. The van der Waals surface area contributed by atoms with Crippen LogP contribution in [-0.4, -0.2) is 18.1 Å². The summed E-state index contributed by atoms with van der Waals surface area (Å²) in [4.78, 5) is 20.5. The molecule has 1 aliphatic rings. The van der Waals surface area contributed by atoms with Crippen molar-refractivity contribution in [3.05, 3.63) is 5.57 Å². The predicted octanol–water partition coefficient (Wildman–Crippen LogP) is 0.782. The zero-order valence-electron chi connectivity index (χ0n) is 6.71. The van der Waals surface area contributed by atoms with Gasteiger partial charge >= 0.3 is 6.09 Å². The average molecular weight is 169 g/mol. The second-order valence-electron chi connectivity index (χ2n) is 2.84. The van der Waals surface area contributed by atoms with E-state index in [1.807, 2.05) is 5.94 Å². The summed E-state index contributed by atoms with van der Waals surface area (Å²) in [6, 6.07) is 0. The molecule has 0 unspecified atom stereocenters. The number of carbonyl (C=O) groups excluding carboxylic acids is 2. The van der Waals surface area contributed by atoms with Crippen molar-refractivity contribution in [3.8, 4) is 0 Å². The molecule has 0 atom stereocenters. The summed E-state index contributed by atoms with van der Waals surface area (Å²) in [6.45, 7) is 0. The van der Waals surface area contributed by atoms with Crippen molar-refractivity contribution < 1.29 is 14.3 Å². The highest BCUT2D eigenvalue weighted by molar-refractivity contribution is 5.64. The Hall–Kier alpha value is -1.28. The SMILES string of the molecule is NC(=O)OC1CCC(=C=O)CC1. The van der Waals surface area contributed by atoms with Crippen LogP contribution in [0.5, 0.6) is 0 Å². The van der Waals surface area contributed by atoms with Gasteiger partial charge < -0.3 is 10.5 Å². The molecule has 0 heterocycles. The van der Waals surface area contributed by atoms with Gasteiger partial charge in [-0.25, -0.2) is 9.59 Å². The number of rotatable bonds is 1. The van der Waals surface area contributed by atoms with Gasteiger partial charge in [0.15, 0.2) is 0 Å². The number of amides is 1. The molecule has 0 aliphatic heterocycles. The Kier molecular flexibility index (Phi) is 2.88. The van der Waals surface area contributed by atoms with E-state index in [0.717, 1.165) is 5.57 Å². The summed E-state index contributed by atoms with van der Waals surface area (Å²) >= 11 is 0. The molecule has 0 saturated heterocycles. The van der Waals surface area contributed by atoms with Crippen molar-refractivity contribution in [1.29, 1.82) is 0 Å². The summed E-state index contributed by atoms with van der Waals surface area (Å²) in [5.74, 6) is 1.87. The van der Waals surface area contributed by atoms with Gasteiger partial charge in [0, 0.05) is 5.57 Å². The van der Waals surface area contributed by atoms with Gasteiger partial charge in [-0.15, -0.1) is 0 Å². The minimum atomic E-state index is -0.737. The summed E-state index contributed by atoms with van der Waals surface area (Å²) in [5, 5.41) is 0. The third-order valence-electron chi connectivity index (χ3n) is 1.96. The van der Waals surface area contributed by atoms with E-state index in [4.69, 9.17) is 10.5 Å². The van der Waals surface area contributed by atoms with Crippen molar-refractivity contribution in [2.75, 3.05) is 0 Å². The lowest BCUT2D eigenvalue weighted by Crippen LogP contribution is -2.25. The zero-order chi connectivity index (χ0) is 8.97. The van der Waals surface area contributed by atoms with E-state index in [1.54, 1.807) is 0 Å². The highest BCUT2D eigenvalue weighted by Gasteiger charge is 2.19. The van der Waals surface area contributed by atoms with E-state index in [2.05, 4.69) is 0 Å². The molecule has 4 heteroatoms. The van der Waals surface area contributed by atoms with Crippen LogP contribution in [0.4, 0.5) is 4.79 Å². The first-order valence-electron chi connectivity index (χ1n) is 3.91. The van der Waals surface area contributed by atoms with E-state index < -0.39 is 6.09 Å². The van der Waals surface area contributed by atoms with Crippen LogP contribution in [0.15, 0.2) is 5.57 Å². The maximum atomic E-state index is 10.3. The second kappa shape index (κ2) is 3.93. The first-order chi connectivity index (χ1) is 5.72. The molecule has 0 aromatic heterocycles. The van der Waals surface area contributed by atoms with Gasteiger partial charge in [-0.05, 0) is 25.7 Å². The number of ether oxygens (including phenoxy) is 1. The van der Waals surface area contributed by atoms with Gasteiger partial charge in [-0.1, -0.05) is 0 Å². The van der Waals surface area contributed by atoms with Crippen molar-refractivity contribution >= 4 is 12.0 Å². The minimum Gasteiger partial charge on any atom is -0.446 e. The molecule has 0 bridgehead atoms. The van der Waals surface area contributed by atoms with Gasteiger partial charge in [0.1, 0.15) is 12.0 Å². The fraction of sp³-hybridized carbons (Fsp3) is 0.625. The van der Waals surface area contributed by atoms with Crippen LogP contribution in [0.1, 0.15) is 25.7 Å². The molecular formula is C8H11NO3. The molecule has 0 aromatic carbocycles. The summed E-state index contributed by atoms with van der Waals surface area (Å²) in [6.07, 6.45) is 1.86. The zero-order valence-corrected chi connectivity index (χ0v) is 6.71. The largest absolute Gasteiger partial charge is 0.446 e. The number of hydrogen-bond donors (Lipinski definition) is 1. The third kappa shape index (κ3) is 2.40. The monoisotopic (exact) mass is 169 g/mol. The van der Waals surface area contributed by atoms with Crippen LogP contribution < -0.4 is 5.73 Å². The molecule has 66 valence electrons. The van der Waals surface area contributed by atoms with Crippen LogP contribution in [0.25, 0.3) is 0 Å². The number of primary amides is 1. The van der Waals surface area contributed by atoms with Crippen molar-refractivity contribution in [2.45, 2.75) is 31.8 Å². The molecule has 1 fully saturated rings. The maximum Gasteiger partial charge on any atom is 0.404 e. The van der Waals surface area contributed by atoms with Crippen LogP contribution in [-0.2, 0) is 9.53 Å². The summed E-state index contributed by atoms with van der Waals surface area (Å²) in [7, 11) is 0. The molecule has 0 aromatic rings. The van der Waals surface area contributed by atoms with Crippen LogP contribution in [0.2, 0.25) is 0 Å². The number of carbonyl (C=O) groups is 1. The molecule has 4 nitrogen and oxygen atoms in total. The Labute approximate surface area is 70.4 Å². The molecule has 2 N–H and O–H groups in total. The average Bonchev–Trinajstić information content (AvgIpc) is 2.05. The first-order valence-corrected chi connectivity index (χ1v) is 3.91. The van der Waals surface area contributed by atoms with Crippen LogP contribution in [0.3, 0.4) is 0 Å². The Morgan fingerprint density at radius 2 is 2.08 bits per heavy atom. The lowest BCUT2D eigenvalue weighted by Gasteiger charge is -2.21. The second-order valence-corrected chi connectivity index (χ2v) is 2.84. The fourth-order valence-electron chi connectivity index (χ4n) is 1.32. The molecule has 1 rings (SSSR count). The third-order valence-corrected chi connectivity index (χ3v) is 1.96. The molecule has 1 amide bonds. The summed E-state index contributed by atoms with van der Waals surface area (Å²) < 4.78 is 4.78. The van der Waals surface area contributed by atoms with Gasteiger partial charge in [-0.2, -0.15) is 0 Å². The van der Waals surface area contributed by atoms with Gasteiger partial charge in [0.05, 0.1) is 0 Å². The lowest BCUT2D eigenvalue weighted by atomic mass is 9.94. The highest BCUT2D eigenvalue weighted by Crippen LogP contribution is 2.23. The quantitative estimate of drug-likeness (QED) is 0.590. The van der Waals surface area contributed by atoms with Gasteiger partial charge in [-0.3, -0.25) is 0 Å². The van der Waals surface area contributed by atoms with Crippen LogP contribution >= 0.6 is 0 Å². The standard InChI is InChI=1S/C8H11NO3/c9-8(11)12-7-3-1-6(5-10)2-4-7/h7H,1-4H2,(H2,9,11). The Bertz CT molecular complexity index is 220. The van der Waals surface area contributed by atoms with E-state index >= 15 is 0 Å². The van der Waals surface area contributed by atoms with Crippen LogP contribution in [0, 0.1) is 0 Å². The topological polar surface area (TPSA) is 69.4 Å². The van der Waals surface area contributed by atoms with Crippen molar-refractivity contribution in [3.63, 3.8) is 0 Å². The number of hydrogen-bond acceptors (Lipinski definition) is 3. The smallest absolute Gasteiger partial charge is 0.404 e. The molecule has 1 saturated carbocycles. The van der Waals surface area contributed by atoms with E-state index in [9.17, 15) is 9.59 Å². The maximum absolute atomic E-state index is 10.3. The Balaban J connectivity index is 2.36. The number of allylic oxidation sites excluding steroid dienone is 1. The lowest BCUT2D eigenvalue weighted by molar-refractivity contribution is 0.0902. The fourth-order valence-corrected chi connectivity index (χ4v) is 1.32. The predicted molar refractivity (Wildman–Crippen MR) is 42.1 cm³/mol. The Morgan fingerprint density at radius 1 is 1.50 bits per heavy atom. The molecule has 1 aliphatic carbocycles. The van der Waals surface area contributed by atoms with Gasteiger partial charge in [0.2, 0.25) is 0 Å². The normalized spacial score (nSPS) is 23.0. The van der Waals surface area contributed by atoms with Crippen molar-refractivity contribution in [1.82, 2.24) is 0 Å². The number of nitrogens with two attached hydrogens (primary N) is 1. The molecule has 0 radical (unpaired) electrons. The molecular weight excluding hydrogens is 158 g/mol. The highest BCUT2D eigenvalue weighted by atomic mass is 16.6. The molecule has 0 spiro atoms. The van der Waals surface area contributed by atoms with E-state index in [-0.39, 0.29) is 6.10 Å². The first kappa shape index (κ1) is 8.81. The van der Waals surface area contributed by atoms with E-state index in [1.165, 1.54) is 0 Å². The van der Waals surface area contributed by atoms with E-state index in [0.29, 0.717) is 25.7 Å².